The van der Waals surface area contributed by atoms with Crippen LogP contribution in [0.25, 0.3) is 0 Å². The summed E-state index contributed by atoms with van der Waals surface area (Å²) < 4.78 is 5.73. The molecule has 2 heteroatoms. The normalized spacial score (nSPS) is 10.1. The van der Waals surface area contributed by atoms with Gasteiger partial charge in [0.1, 0.15) is 5.75 Å². The highest BCUT2D eigenvalue weighted by Crippen LogP contribution is 2.19. The van der Waals surface area contributed by atoms with Gasteiger partial charge >= 0.3 is 0 Å². The van der Waals surface area contributed by atoms with Crippen LogP contribution in [-0.4, -0.2) is 6.61 Å². The number of nitriles is 1. The minimum atomic E-state index is 0.694. The van der Waals surface area contributed by atoms with Crippen LogP contribution in [0.5, 0.6) is 5.75 Å². The third kappa shape index (κ3) is 5.23. The molecule has 0 heterocycles. The first kappa shape index (κ1) is 14.6. The smallest absolute Gasteiger partial charge is 0.122 e. The third-order valence-electron chi connectivity index (χ3n) is 3.06. The Labute approximate surface area is 111 Å². The Kier molecular flexibility index (Phi) is 6.94. The molecule has 0 aliphatic rings. The lowest BCUT2D eigenvalue weighted by molar-refractivity contribution is 0.302. The number of rotatable bonds is 8. The predicted molar refractivity (Wildman–Crippen MR) is 74.8 cm³/mol. The van der Waals surface area contributed by atoms with Crippen molar-refractivity contribution in [2.45, 2.75) is 52.4 Å². The van der Waals surface area contributed by atoms with E-state index in [2.05, 4.69) is 13.0 Å². The van der Waals surface area contributed by atoms with Gasteiger partial charge in [0.2, 0.25) is 0 Å². The number of ether oxygens (including phenoxy) is 1. The fraction of sp³-hybridized carbons (Fsp3) is 0.562. The molecule has 0 bridgehead atoms. The average molecular weight is 245 g/mol. The van der Waals surface area contributed by atoms with Crippen LogP contribution < -0.4 is 4.74 Å². The van der Waals surface area contributed by atoms with E-state index in [1.54, 1.807) is 0 Å². The fourth-order valence-electron chi connectivity index (χ4n) is 1.95. The van der Waals surface area contributed by atoms with Crippen LogP contribution in [0.1, 0.15) is 56.6 Å². The maximum Gasteiger partial charge on any atom is 0.122 e. The van der Waals surface area contributed by atoms with E-state index in [1.807, 2.05) is 25.1 Å². The van der Waals surface area contributed by atoms with Crippen LogP contribution in [-0.2, 0) is 0 Å². The first-order valence-electron chi connectivity index (χ1n) is 6.91. The summed E-state index contributed by atoms with van der Waals surface area (Å²) in [7, 11) is 0. The molecule has 0 atom stereocenters. The zero-order valence-electron chi connectivity index (χ0n) is 11.5. The predicted octanol–water partition coefficient (Wildman–Crippen LogP) is 4.61. The summed E-state index contributed by atoms with van der Waals surface area (Å²) >= 11 is 0. The highest BCUT2D eigenvalue weighted by Gasteiger charge is 2.00. The van der Waals surface area contributed by atoms with Crippen LogP contribution in [0.2, 0.25) is 0 Å². The molecule has 1 aromatic carbocycles. The van der Waals surface area contributed by atoms with Crippen molar-refractivity contribution in [2.75, 3.05) is 6.61 Å². The molecule has 0 saturated carbocycles. The quantitative estimate of drug-likeness (QED) is 0.627. The van der Waals surface area contributed by atoms with Crippen LogP contribution in [0, 0.1) is 18.3 Å². The van der Waals surface area contributed by atoms with Gasteiger partial charge in [-0.05, 0) is 37.1 Å². The second-order valence-corrected chi connectivity index (χ2v) is 4.71. The molecule has 0 aliphatic heterocycles. The van der Waals surface area contributed by atoms with Gasteiger partial charge in [0, 0.05) is 0 Å². The Morgan fingerprint density at radius 1 is 1.11 bits per heavy atom. The molecule has 2 nitrogen and oxygen atoms in total. The topological polar surface area (TPSA) is 33.0 Å². The van der Waals surface area contributed by atoms with Crippen molar-refractivity contribution < 1.29 is 4.74 Å². The molecular formula is C16H23NO. The van der Waals surface area contributed by atoms with Gasteiger partial charge in [0.25, 0.3) is 0 Å². The zero-order valence-corrected chi connectivity index (χ0v) is 11.5. The number of unbranched alkanes of at least 4 members (excludes halogenated alkanes) is 5. The summed E-state index contributed by atoms with van der Waals surface area (Å²) in [5.74, 6) is 0.905. The molecule has 0 N–H and O–H groups in total. The lowest BCUT2D eigenvalue weighted by atomic mass is 10.1. The molecule has 0 unspecified atom stereocenters. The maximum absolute atomic E-state index is 8.78. The molecule has 0 amide bonds. The number of nitrogens with zero attached hydrogens (tertiary/aromatic N) is 1. The second kappa shape index (κ2) is 8.58. The number of hydrogen-bond donors (Lipinski definition) is 0. The van der Waals surface area contributed by atoms with Crippen molar-refractivity contribution in [3.05, 3.63) is 29.3 Å². The molecule has 0 aliphatic carbocycles. The van der Waals surface area contributed by atoms with E-state index in [1.165, 1.54) is 32.1 Å². The first-order chi connectivity index (χ1) is 8.77. The Bertz CT molecular complexity index is 393. The molecule has 18 heavy (non-hydrogen) atoms. The average Bonchev–Trinajstić information content (AvgIpc) is 2.39. The molecule has 0 aromatic heterocycles. The molecule has 1 aromatic rings. The van der Waals surface area contributed by atoms with Crippen molar-refractivity contribution in [3.63, 3.8) is 0 Å². The van der Waals surface area contributed by atoms with E-state index >= 15 is 0 Å². The number of benzene rings is 1. The van der Waals surface area contributed by atoms with Gasteiger partial charge < -0.3 is 4.74 Å². The minimum Gasteiger partial charge on any atom is -0.493 e. The molecule has 0 spiro atoms. The summed E-state index contributed by atoms with van der Waals surface area (Å²) in [5, 5.41) is 8.78. The zero-order chi connectivity index (χ0) is 13.2. The lowest BCUT2D eigenvalue weighted by Crippen LogP contribution is -1.99. The molecule has 1 rings (SSSR count). The number of hydrogen-bond acceptors (Lipinski definition) is 2. The summed E-state index contributed by atoms with van der Waals surface area (Å²) in [6, 6.07) is 7.71. The fourth-order valence-corrected chi connectivity index (χ4v) is 1.95. The van der Waals surface area contributed by atoms with Crippen molar-refractivity contribution in [1.29, 1.82) is 5.26 Å². The van der Waals surface area contributed by atoms with E-state index in [9.17, 15) is 0 Å². The molecular weight excluding hydrogens is 222 g/mol. The van der Waals surface area contributed by atoms with Crippen molar-refractivity contribution >= 4 is 0 Å². The van der Waals surface area contributed by atoms with Crippen molar-refractivity contribution in [2.24, 2.45) is 0 Å². The van der Waals surface area contributed by atoms with E-state index < -0.39 is 0 Å². The van der Waals surface area contributed by atoms with Crippen molar-refractivity contribution in [1.82, 2.24) is 0 Å². The summed E-state index contributed by atoms with van der Waals surface area (Å²) in [6.07, 6.45) is 7.64. The van der Waals surface area contributed by atoms with Gasteiger partial charge in [0.05, 0.1) is 18.2 Å². The van der Waals surface area contributed by atoms with Crippen molar-refractivity contribution in [3.8, 4) is 11.8 Å². The first-order valence-corrected chi connectivity index (χ1v) is 6.91. The van der Waals surface area contributed by atoms with E-state index in [0.717, 1.165) is 24.3 Å². The Morgan fingerprint density at radius 2 is 1.83 bits per heavy atom. The molecule has 98 valence electrons. The van der Waals surface area contributed by atoms with Gasteiger partial charge in [0.15, 0.2) is 0 Å². The Hall–Kier alpha value is -1.49. The van der Waals surface area contributed by atoms with E-state index in [0.29, 0.717) is 5.56 Å². The maximum atomic E-state index is 8.78. The highest BCUT2D eigenvalue weighted by atomic mass is 16.5. The van der Waals surface area contributed by atoms with E-state index in [-0.39, 0.29) is 0 Å². The minimum absolute atomic E-state index is 0.694. The van der Waals surface area contributed by atoms with Crippen LogP contribution in [0.3, 0.4) is 0 Å². The lowest BCUT2D eigenvalue weighted by Gasteiger charge is -2.09. The highest BCUT2D eigenvalue weighted by molar-refractivity contribution is 5.41. The van der Waals surface area contributed by atoms with E-state index in [4.69, 9.17) is 10.00 Å². The van der Waals surface area contributed by atoms with Crippen LogP contribution in [0.4, 0.5) is 0 Å². The molecule has 0 radical (unpaired) electrons. The van der Waals surface area contributed by atoms with Crippen LogP contribution >= 0.6 is 0 Å². The monoisotopic (exact) mass is 245 g/mol. The molecule has 0 saturated heterocycles. The van der Waals surface area contributed by atoms with Gasteiger partial charge in [-0.25, -0.2) is 0 Å². The summed E-state index contributed by atoms with van der Waals surface area (Å²) in [4.78, 5) is 0. The van der Waals surface area contributed by atoms with Gasteiger partial charge in [-0.1, -0.05) is 39.0 Å². The standard InChI is InChI=1S/C16H23NO/c1-3-4-5-6-7-8-11-18-16-10-9-15(13-17)12-14(16)2/h9-10,12H,3-8,11H2,1-2H3. The summed E-state index contributed by atoms with van der Waals surface area (Å²) in [6.45, 7) is 4.99. The Morgan fingerprint density at radius 3 is 2.50 bits per heavy atom. The van der Waals surface area contributed by atoms with Gasteiger partial charge in [-0.2, -0.15) is 5.26 Å². The van der Waals surface area contributed by atoms with Gasteiger partial charge in [-0.3, -0.25) is 0 Å². The second-order valence-electron chi connectivity index (χ2n) is 4.71. The van der Waals surface area contributed by atoms with Gasteiger partial charge in [-0.15, -0.1) is 0 Å². The molecule has 0 fully saturated rings. The SMILES string of the molecule is CCCCCCCCOc1ccc(C#N)cc1C. The van der Waals surface area contributed by atoms with Crippen LogP contribution in [0.15, 0.2) is 18.2 Å². The third-order valence-corrected chi connectivity index (χ3v) is 3.06. The largest absolute Gasteiger partial charge is 0.493 e. The number of aryl methyl sites for hydroxylation is 1. The summed E-state index contributed by atoms with van der Waals surface area (Å²) in [5.41, 5.74) is 1.74. The Balaban J connectivity index is 2.21.